The second-order valence-electron chi connectivity index (χ2n) is 6.56. The highest BCUT2D eigenvalue weighted by Gasteiger charge is 2.32. The first kappa shape index (κ1) is 18.8. The normalized spacial score (nSPS) is 19.9. The van der Waals surface area contributed by atoms with E-state index < -0.39 is 6.10 Å². The van der Waals surface area contributed by atoms with Gasteiger partial charge in [0.2, 0.25) is 0 Å². The molecule has 1 aromatic rings. The maximum Gasteiger partial charge on any atom is 0.309 e. The van der Waals surface area contributed by atoms with Gasteiger partial charge in [-0.15, -0.1) is 11.3 Å². The lowest BCUT2D eigenvalue weighted by Gasteiger charge is -2.32. The van der Waals surface area contributed by atoms with Crippen LogP contribution in [0.4, 0.5) is 0 Å². The van der Waals surface area contributed by atoms with Crippen LogP contribution in [0, 0.1) is 5.92 Å². The number of nitrogens with zero attached hydrogens (tertiary/aromatic N) is 2. The Balaban J connectivity index is 1.46. The van der Waals surface area contributed by atoms with Crippen molar-refractivity contribution in [2.24, 2.45) is 5.92 Å². The molecule has 3 heterocycles. The standard InChI is InChI=1S/C18H24N2O5S/c1-13(16(21)20-8-10-24-11-9-20)25-18(23)14-4-6-19(7-5-14)17(22)15-3-2-12-26-15/h2-3,12-14H,4-11H2,1H3. The van der Waals surface area contributed by atoms with Crippen LogP contribution < -0.4 is 0 Å². The zero-order valence-corrected chi connectivity index (χ0v) is 15.7. The predicted molar refractivity (Wildman–Crippen MR) is 95.9 cm³/mol. The highest BCUT2D eigenvalue weighted by atomic mass is 32.1. The first-order valence-electron chi connectivity index (χ1n) is 8.96. The Labute approximate surface area is 156 Å². The van der Waals surface area contributed by atoms with Crippen LogP contribution in [0.25, 0.3) is 0 Å². The molecule has 2 fully saturated rings. The number of ether oxygens (including phenoxy) is 2. The van der Waals surface area contributed by atoms with Crippen molar-refractivity contribution in [3.63, 3.8) is 0 Å². The van der Waals surface area contributed by atoms with Gasteiger partial charge in [-0.05, 0) is 31.2 Å². The molecule has 1 atom stereocenters. The number of carbonyl (C=O) groups is 3. The molecule has 0 aromatic carbocycles. The van der Waals surface area contributed by atoms with E-state index in [1.807, 2.05) is 17.5 Å². The summed E-state index contributed by atoms with van der Waals surface area (Å²) < 4.78 is 10.6. The zero-order valence-electron chi connectivity index (χ0n) is 14.9. The second-order valence-corrected chi connectivity index (χ2v) is 7.51. The van der Waals surface area contributed by atoms with Crippen LogP contribution in [0.1, 0.15) is 29.4 Å². The molecule has 0 N–H and O–H groups in total. The van der Waals surface area contributed by atoms with Crippen molar-refractivity contribution in [2.45, 2.75) is 25.9 Å². The number of morpholine rings is 1. The summed E-state index contributed by atoms with van der Waals surface area (Å²) in [6.45, 7) is 4.77. The van der Waals surface area contributed by atoms with Gasteiger partial charge in [0.15, 0.2) is 6.10 Å². The molecule has 3 rings (SSSR count). The fourth-order valence-corrected chi connectivity index (χ4v) is 3.93. The molecule has 7 nitrogen and oxygen atoms in total. The minimum atomic E-state index is -0.786. The van der Waals surface area contributed by atoms with E-state index in [0.717, 1.165) is 4.88 Å². The summed E-state index contributed by atoms with van der Waals surface area (Å²) >= 11 is 1.42. The number of piperidine rings is 1. The molecule has 1 aromatic heterocycles. The predicted octanol–water partition coefficient (Wildman–Crippen LogP) is 1.39. The van der Waals surface area contributed by atoms with Gasteiger partial charge in [-0.25, -0.2) is 0 Å². The number of likely N-dealkylation sites (tertiary alicyclic amines) is 1. The van der Waals surface area contributed by atoms with Gasteiger partial charge in [-0.1, -0.05) is 6.07 Å². The van der Waals surface area contributed by atoms with Crippen LogP contribution in [0.15, 0.2) is 17.5 Å². The van der Waals surface area contributed by atoms with Crippen LogP contribution in [-0.2, 0) is 19.1 Å². The van der Waals surface area contributed by atoms with E-state index in [1.54, 1.807) is 16.7 Å². The number of rotatable bonds is 4. The molecule has 8 heteroatoms. The van der Waals surface area contributed by atoms with E-state index >= 15 is 0 Å². The Morgan fingerprint density at radius 1 is 1.15 bits per heavy atom. The maximum absolute atomic E-state index is 12.4. The Kier molecular flexibility index (Phi) is 6.26. The lowest BCUT2D eigenvalue weighted by atomic mass is 9.97. The molecule has 2 saturated heterocycles. The van der Waals surface area contributed by atoms with Crippen molar-refractivity contribution in [3.8, 4) is 0 Å². The largest absolute Gasteiger partial charge is 0.452 e. The van der Waals surface area contributed by atoms with E-state index in [2.05, 4.69) is 0 Å². The third-order valence-corrected chi connectivity index (χ3v) is 5.67. The minimum absolute atomic E-state index is 0.0164. The van der Waals surface area contributed by atoms with Crippen LogP contribution in [-0.4, -0.2) is 73.1 Å². The number of esters is 1. The van der Waals surface area contributed by atoms with Gasteiger partial charge < -0.3 is 19.3 Å². The lowest BCUT2D eigenvalue weighted by Crippen LogP contribution is -2.47. The quantitative estimate of drug-likeness (QED) is 0.738. The molecule has 2 amide bonds. The van der Waals surface area contributed by atoms with Crippen molar-refractivity contribution in [1.82, 2.24) is 9.80 Å². The summed E-state index contributed by atoms with van der Waals surface area (Å²) in [7, 11) is 0. The molecule has 0 bridgehead atoms. The van der Waals surface area contributed by atoms with Gasteiger partial charge in [0.1, 0.15) is 0 Å². The summed E-state index contributed by atoms with van der Waals surface area (Å²) in [5.74, 6) is -0.765. The average molecular weight is 380 g/mol. The average Bonchev–Trinajstić information content (AvgIpc) is 3.22. The maximum atomic E-state index is 12.4. The van der Waals surface area contributed by atoms with E-state index in [-0.39, 0.29) is 23.7 Å². The molecule has 26 heavy (non-hydrogen) atoms. The van der Waals surface area contributed by atoms with Crippen molar-refractivity contribution in [3.05, 3.63) is 22.4 Å². The van der Waals surface area contributed by atoms with Gasteiger partial charge in [0, 0.05) is 26.2 Å². The number of carbonyl (C=O) groups excluding carboxylic acids is 3. The Morgan fingerprint density at radius 3 is 2.46 bits per heavy atom. The molecule has 142 valence electrons. The molecule has 2 aliphatic heterocycles. The van der Waals surface area contributed by atoms with Crippen LogP contribution >= 0.6 is 11.3 Å². The minimum Gasteiger partial charge on any atom is -0.452 e. The van der Waals surface area contributed by atoms with Gasteiger partial charge in [0.25, 0.3) is 11.8 Å². The molecule has 0 aliphatic carbocycles. The van der Waals surface area contributed by atoms with E-state index in [9.17, 15) is 14.4 Å². The van der Waals surface area contributed by atoms with Gasteiger partial charge in [-0.3, -0.25) is 14.4 Å². The molecule has 2 aliphatic rings. The third-order valence-electron chi connectivity index (χ3n) is 4.81. The Bertz CT molecular complexity index is 634. The van der Waals surface area contributed by atoms with Gasteiger partial charge in [-0.2, -0.15) is 0 Å². The lowest BCUT2D eigenvalue weighted by molar-refractivity contribution is -0.165. The van der Waals surface area contributed by atoms with E-state index in [0.29, 0.717) is 52.2 Å². The summed E-state index contributed by atoms with van der Waals surface area (Å²) in [5, 5.41) is 1.88. The van der Waals surface area contributed by atoms with E-state index in [4.69, 9.17) is 9.47 Å². The van der Waals surface area contributed by atoms with Crippen LogP contribution in [0.2, 0.25) is 0 Å². The Morgan fingerprint density at radius 2 is 1.85 bits per heavy atom. The molecular formula is C18H24N2O5S. The highest BCUT2D eigenvalue weighted by molar-refractivity contribution is 7.12. The van der Waals surface area contributed by atoms with Gasteiger partial charge >= 0.3 is 5.97 Å². The van der Waals surface area contributed by atoms with Crippen molar-refractivity contribution in [2.75, 3.05) is 39.4 Å². The summed E-state index contributed by atoms with van der Waals surface area (Å²) in [6, 6.07) is 3.67. The first-order valence-corrected chi connectivity index (χ1v) is 9.84. The van der Waals surface area contributed by atoms with Crippen molar-refractivity contribution in [1.29, 1.82) is 0 Å². The second kappa shape index (κ2) is 8.64. The van der Waals surface area contributed by atoms with E-state index in [1.165, 1.54) is 11.3 Å². The number of hydrogen-bond acceptors (Lipinski definition) is 6. The molecular weight excluding hydrogens is 356 g/mol. The SMILES string of the molecule is CC(OC(=O)C1CCN(C(=O)c2cccs2)CC1)C(=O)N1CCOCC1. The zero-order chi connectivity index (χ0) is 18.5. The summed E-state index contributed by atoms with van der Waals surface area (Å²) in [4.78, 5) is 41.2. The fourth-order valence-electron chi connectivity index (χ4n) is 3.24. The Hall–Kier alpha value is -1.93. The fraction of sp³-hybridized carbons (Fsp3) is 0.611. The monoisotopic (exact) mass is 380 g/mol. The van der Waals surface area contributed by atoms with Crippen LogP contribution in [0.5, 0.6) is 0 Å². The number of amides is 2. The highest BCUT2D eigenvalue weighted by Crippen LogP contribution is 2.22. The molecule has 0 radical (unpaired) electrons. The van der Waals surface area contributed by atoms with Crippen molar-refractivity contribution < 1.29 is 23.9 Å². The van der Waals surface area contributed by atoms with Crippen molar-refractivity contribution >= 4 is 29.1 Å². The molecule has 1 unspecified atom stereocenters. The topological polar surface area (TPSA) is 76.2 Å². The first-order chi connectivity index (χ1) is 12.6. The smallest absolute Gasteiger partial charge is 0.309 e. The van der Waals surface area contributed by atoms with Crippen LogP contribution in [0.3, 0.4) is 0 Å². The summed E-state index contributed by atoms with van der Waals surface area (Å²) in [5.41, 5.74) is 0. The molecule has 0 spiro atoms. The number of hydrogen-bond donors (Lipinski definition) is 0. The van der Waals surface area contributed by atoms with Gasteiger partial charge in [0.05, 0.1) is 24.0 Å². The molecule has 0 saturated carbocycles. The third kappa shape index (κ3) is 4.42. The summed E-state index contributed by atoms with van der Waals surface area (Å²) in [6.07, 6.45) is 0.342. The number of thiophene rings is 1.